The normalized spacial score (nSPS) is 16.5. The molecular formula is C21H19ClFN3O6S. The SMILES string of the molecule is COc1cc(Cl)cc2c1S(=O)(=O)N([C@@H]([C@@H](C)c1c(F)ccc(C)c1C)n1ncoc1=O)C2=O. The van der Waals surface area contributed by atoms with Crippen LogP contribution >= 0.6 is 11.6 Å². The predicted molar refractivity (Wildman–Crippen MR) is 115 cm³/mol. The van der Waals surface area contributed by atoms with Crippen molar-refractivity contribution in [2.75, 3.05) is 7.11 Å². The van der Waals surface area contributed by atoms with Gasteiger partial charge in [-0.3, -0.25) is 4.79 Å². The standard InChI is InChI=1S/C21H19ClFN3O6S/c1-10-5-6-15(23)17(11(10)2)12(3)19(25-21(28)32-9-24-25)26-20(27)14-7-13(22)8-16(31-4)18(14)33(26,29)30/h5-9,12,19H,1-4H3/t12-,19-/m0/s1. The third-order valence-electron chi connectivity index (χ3n) is 5.83. The number of sulfonamides is 1. The Balaban J connectivity index is 2.00. The zero-order valence-electron chi connectivity index (χ0n) is 18.0. The molecule has 174 valence electrons. The first-order valence-corrected chi connectivity index (χ1v) is 11.6. The quantitative estimate of drug-likeness (QED) is 0.533. The zero-order valence-corrected chi connectivity index (χ0v) is 19.6. The monoisotopic (exact) mass is 495 g/mol. The number of methoxy groups -OCH3 is 1. The van der Waals surface area contributed by atoms with Crippen LogP contribution in [0.25, 0.3) is 0 Å². The molecule has 0 saturated carbocycles. The van der Waals surface area contributed by atoms with E-state index in [1.54, 1.807) is 19.9 Å². The summed E-state index contributed by atoms with van der Waals surface area (Å²) in [6, 6.07) is 5.29. The lowest BCUT2D eigenvalue weighted by Gasteiger charge is -2.31. The van der Waals surface area contributed by atoms with Gasteiger partial charge in [-0.05, 0) is 42.7 Å². The van der Waals surface area contributed by atoms with Crippen molar-refractivity contribution < 1.29 is 26.8 Å². The lowest BCUT2D eigenvalue weighted by Crippen LogP contribution is -2.43. The van der Waals surface area contributed by atoms with Gasteiger partial charge in [0, 0.05) is 17.0 Å². The number of halogens is 2. The van der Waals surface area contributed by atoms with Crippen molar-refractivity contribution in [2.24, 2.45) is 0 Å². The molecule has 0 unspecified atom stereocenters. The number of fused-ring (bicyclic) bond motifs is 1. The van der Waals surface area contributed by atoms with E-state index in [0.717, 1.165) is 12.0 Å². The van der Waals surface area contributed by atoms with Gasteiger partial charge in [0.05, 0.1) is 12.7 Å². The summed E-state index contributed by atoms with van der Waals surface area (Å²) >= 11 is 6.06. The number of nitrogens with zero attached hydrogens (tertiary/aromatic N) is 3. The lowest BCUT2D eigenvalue weighted by molar-refractivity contribution is 0.0745. The van der Waals surface area contributed by atoms with Crippen molar-refractivity contribution in [1.82, 2.24) is 14.1 Å². The van der Waals surface area contributed by atoms with E-state index in [-0.39, 0.29) is 21.9 Å². The molecule has 33 heavy (non-hydrogen) atoms. The van der Waals surface area contributed by atoms with Crippen molar-refractivity contribution >= 4 is 27.5 Å². The van der Waals surface area contributed by atoms with Crippen LogP contribution in [0.15, 0.2) is 44.8 Å². The Bertz CT molecular complexity index is 1450. The van der Waals surface area contributed by atoms with Gasteiger partial charge in [0.2, 0.25) is 6.39 Å². The Morgan fingerprint density at radius 3 is 2.52 bits per heavy atom. The van der Waals surface area contributed by atoms with Gasteiger partial charge in [0.25, 0.3) is 15.9 Å². The summed E-state index contributed by atoms with van der Waals surface area (Å²) in [7, 11) is -3.31. The molecule has 0 bridgehead atoms. The molecule has 1 aliphatic heterocycles. The average Bonchev–Trinajstić information content (AvgIpc) is 3.25. The molecule has 2 aromatic carbocycles. The Morgan fingerprint density at radius 2 is 1.91 bits per heavy atom. The molecule has 0 aliphatic carbocycles. The predicted octanol–water partition coefficient (Wildman–Crippen LogP) is 3.40. The fraction of sp³-hybridized carbons (Fsp3) is 0.286. The van der Waals surface area contributed by atoms with Crippen molar-refractivity contribution in [3.05, 3.63) is 74.3 Å². The molecular weight excluding hydrogens is 477 g/mol. The van der Waals surface area contributed by atoms with Gasteiger partial charge >= 0.3 is 5.76 Å². The lowest BCUT2D eigenvalue weighted by atomic mass is 9.90. The first-order chi connectivity index (χ1) is 15.5. The maximum atomic E-state index is 15.0. The second-order valence-corrected chi connectivity index (χ2v) is 9.83. The van der Waals surface area contributed by atoms with Gasteiger partial charge < -0.3 is 9.15 Å². The van der Waals surface area contributed by atoms with Crippen LogP contribution in [-0.2, 0) is 10.0 Å². The van der Waals surface area contributed by atoms with Gasteiger partial charge in [-0.25, -0.2) is 21.9 Å². The van der Waals surface area contributed by atoms with Crippen LogP contribution in [-0.4, -0.2) is 35.5 Å². The van der Waals surface area contributed by atoms with Gasteiger partial charge in [0.1, 0.15) is 16.5 Å². The molecule has 1 aliphatic rings. The summed E-state index contributed by atoms with van der Waals surface area (Å²) < 4.78 is 53.3. The number of ether oxygens (including phenoxy) is 1. The molecule has 4 rings (SSSR count). The number of benzene rings is 2. The van der Waals surface area contributed by atoms with Crippen LogP contribution < -0.4 is 10.5 Å². The fourth-order valence-electron chi connectivity index (χ4n) is 4.16. The zero-order chi connectivity index (χ0) is 24.2. The number of aryl methyl sites for hydroxylation is 1. The van der Waals surface area contributed by atoms with E-state index in [1.165, 1.54) is 32.2 Å². The molecule has 3 aromatic rings. The largest absolute Gasteiger partial charge is 0.495 e. The molecule has 12 heteroatoms. The highest BCUT2D eigenvalue weighted by molar-refractivity contribution is 7.90. The maximum Gasteiger partial charge on any atom is 0.438 e. The number of hydrogen-bond acceptors (Lipinski definition) is 7. The van der Waals surface area contributed by atoms with E-state index in [1.807, 2.05) is 0 Å². The molecule has 2 atom stereocenters. The number of hydrogen-bond donors (Lipinski definition) is 0. The summed E-state index contributed by atoms with van der Waals surface area (Å²) in [5.74, 6) is -3.74. The Morgan fingerprint density at radius 1 is 1.21 bits per heavy atom. The molecule has 0 radical (unpaired) electrons. The highest BCUT2D eigenvalue weighted by atomic mass is 35.5. The molecule has 0 spiro atoms. The highest BCUT2D eigenvalue weighted by Gasteiger charge is 2.51. The Hall–Kier alpha value is -3.18. The Labute approximate surface area is 193 Å². The number of aromatic nitrogens is 2. The van der Waals surface area contributed by atoms with Crippen molar-refractivity contribution in [1.29, 1.82) is 0 Å². The highest BCUT2D eigenvalue weighted by Crippen LogP contribution is 2.45. The summed E-state index contributed by atoms with van der Waals surface area (Å²) in [6.07, 6.45) is -0.751. The minimum Gasteiger partial charge on any atom is -0.495 e. The molecule has 2 heterocycles. The Kier molecular flexibility index (Phi) is 5.57. The van der Waals surface area contributed by atoms with E-state index in [9.17, 15) is 22.4 Å². The third kappa shape index (κ3) is 3.42. The van der Waals surface area contributed by atoms with Crippen LogP contribution in [0.5, 0.6) is 5.75 Å². The summed E-state index contributed by atoms with van der Waals surface area (Å²) in [6.45, 7) is 4.94. The van der Waals surface area contributed by atoms with Gasteiger partial charge in [-0.1, -0.05) is 24.6 Å². The van der Waals surface area contributed by atoms with Crippen molar-refractivity contribution in [3.8, 4) is 5.75 Å². The smallest absolute Gasteiger partial charge is 0.438 e. The second-order valence-electron chi connectivity index (χ2n) is 7.65. The van der Waals surface area contributed by atoms with E-state index in [0.29, 0.717) is 14.6 Å². The van der Waals surface area contributed by atoms with Gasteiger partial charge in [0.15, 0.2) is 6.17 Å². The van der Waals surface area contributed by atoms with Crippen LogP contribution in [0, 0.1) is 19.7 Å². The third-order valence-corrected chi connectivity index (χ3v) is 7.88. The molecule has 1 amide bonds. The van der Waals surface area contributed by atoms with Crippen molar-refractivity contribution in [2.45, 2.75) is 37.8 Å². The molecule has 0 N–H and O–H groups in total. The summed E-state index contributed by atoms with van der Waals surface area (Å²) in [5.41, 5.74) is 1.21. The van der Waals surface area contributed by atoms with E-state index >= 15 is 0 Å². The van der Waals surface area contributed by atoms with Crippen LogP contribution in [0.3, 0.4) is 0 Å². The van der Waals surface area contributed by atoms with Crippen LogP contribution in [0.2, 0.25) is 5.02 Å². The first-order valence-electron chi connectivity index (χ1n) is 9.74. The minimum atomic E-state index is -4.55. The number of amides is 1. The van der Waals surface area contributed by atoms with Crippen molar-refractivity contribution in [3.63, 3.8) is 0 Å². The van der Waals surface area contributed by atoms with E-state index < -0.39 is 44.5 Å². The van der Waals surface area contributed by atoms with E-state index in [4.69, 9.17) is 20.8 Å². The molecule has 0 fully saturated rings. The molecule has 1 aromatic heterocycles. The van der Waals surface area contributed by atoms with E-state index in [2.05, 4.69) is 5.10 Å². The van der Waals surface area contributed by atoms with Gasteiger partial charge in [-0.15, -0.1) is 5.10 Å². The summed E-state index contributed by atoms with van der Waals surface area (Å²) in [4.78, 5) is 25.4. The van der Waals surface area contributed by atoms with Gasteiger partial charge in [-0.2, -0.15) is 4.68 Å². The number of carbonyl (C=O) groups excluding carboxylic acids is 1. The first kappa shape index (κ1) is 23.0. The average molecular weight is 496 g/mol. The molecule has 9 nitrogen and oxygen atoms in total. The molecule has 0 saturated heterocycles. The topological polar surface area (TPSA) is 112 Å². The van der Waals surface area contributed by atoms with Crippen LogP contribution in [0.1, 0.15) is 46.1 Å². The second kappa shape index (κ2) is 7.99. The fourth-order valence-corrected chi connectivity index (χ4v) is 6.26. The minimum absolute atomic E-state index is 0.0831. The maximum absolute atomic E-state index is 15.0. The van der Waals surface area contributed by atoms with Crippen LogP contribution in [0.4, 0.5) is 4.39 Å². The number of carbonyl (C=O) groups is 1. The number of rotatable bonds is 5. The summed E-state index contributed by atoms with van der Waals surface area (Å²) in [5, 5.41) is 3.89.